The second kappa shape index (κ2) is 10.8. The number of nitrogens with zero attached hydrogens (tertiary/aromatic N) is 2. The lowest BCUT2D eigenvalue weighted by Crippen LogP contribution is -2.44. The van der Waals surface area contributed by atoms with Gasteiger partial charge < -0.3 is 19.3 Å². The molecule has 0 radical (unpaired) electrons. The van der Waals surface area contributed by atoms with E-state index < -0.39 is 0 Å². The lowest BCUT2D eigenvalue weighted by atomic mass is 9.94. The highest BCUT2D eigenvalue weighted by Crippen LogP contribution is 2.27. The van der Waals surface area contributed by atoms with Crippen molar-refractivity contribution in [3.63, 3.8) is 0 Å². The molecule has 0 unspecified atom stereocenters. The topological polar surface area (TPSA) is 59.1 Å². The summed E-state index contributed by atoms with van der Waals surface area (Å²) in [6.45, 7) is 3.98. The van der Waals surface area contributed by atoms with Crippen molar-refractivity contribution in [2.45, 2.75) is 32.6 Å². The molecule has 1 heterocycles. The maximum absolute atomic E-state index is 13.3. The van der Waals surface area contributed by atoms with E-state index in [0.29, 0.717) is 43.0 Å². The number of carbonyl (C=O) groups is 2. The van der Waals surface area contributed by atoms with Crippen LogP contribution in [0, 0.1) is 5.92 Å². The van der Waals surface area contributed by atoms with Crippen LogP contribution in [0.5, 0.6) is 11.5 Å². The van der Waals surface area contributed by atoms with E-state index in [2.05, 4.69) is 6.92 Å². The Morgan fingerprint density at radius 1 is 1.00 bits per heavy atom. The van der Waals surface area contributed by atoms with Crippen LogP contribution in [0.1, 0.15) is 43.0 Å². The molecular formula is C25H32N2O4. The largest absolute Gasteiger partial charge is 0.497 e. The lowest BCUT2D eigenvalue weighted by molar-refractivity contribution is -0.123. The minimum atomic E-state index is -0.0686. The minimum absolute atomic E-state index is 0.0611. The molecule has 1 aliphatic heterocycles. The second-order valence-electron chi connectivity index (χ2n) is 7.85. The van der Waals surface area contributed by atoms with Crippen LogP contribution in [0.4, 0.5) is 5.69 Å². The van der Waals surface area contributed by atoms with Crippen molar-refractivity contribution < 1.29 is 19.1 Å². The fourth-order valence-electron chi connectivity index (χ4n) is 3.95. The first-order valence-electron chi connectivity index (χ1n) is 11.0. The van der Waals surface area contributed by atoms with Gasteiger partial charge in [0.15, 0.2) is 0 Å². The SMILES string of the molecule is CCCCN(C(=O)C1CCN(C(=O)c2cc(OC)cc(OC)c2)CC1)c1ccccc1. The minimum Gasteiger partial charge on any atom is -0.497 e. The molecule has 2 aromatic carbocycles. The zero-order chi connectivity index (χ0) is 22.2. The van der Waals surface area contributed by atoms with Crippen molar-refractivity contribution in [1.82, 2.24) is 4.90 Å². The number of ether oxygens (including phenoxy) is 2. The summed E-state index contributed by atoms with van der Waals surface area (Å²) in [5.74, 6) is 1.20. The number of carbonyl (C=O) groups excluding carboxylic acids is 2. The molecule has 0 atom stereocenters. The van der Waals surface area contributed by atoms with E-state index >= 15 is 0 Å². The summed E-state index contributed by atoms with van der Waals surface area (Å²) >= 11 is 0. The first kappa shape index (κ1) is 22.7. The van der Waals surface area contributed by atoms with E-state index in [1.165, 1.54) is 0 Å². The average Bonchev–Trinajstić information content (AvgIpc) is 2.84. The number of likely N-dealkylation sites (tertiary alicyclic amines) is 1. The molecule has 0 N–H and O–H groups in total. The van der Waals surface area contributed by atoms with Crippen LogP contribution in [-0.4, -0.2) is 50.6 Å². The fraction of sp³-hybridized carbons (Fsp3) is 0.440. The summed E-state index contributed by atoms with van der Waals surface area (Å²) in [5, 5.41) is 0. The van der Waals surface area contributed by atoms with Crippen molar-refractivity contribution in [2.75, 3.05) is 38.8 Å². The third kappa shape index (κ3) is 5.57. The van der Waals surface area contributed by atoms with Crippen molar-refractivity contribution in [1.29, 1.82) is 0 Å². The lowest BCUT2D eigenvalue weighted by Gasteiger charge is -2.34. The van der Waals surface area contributed by atoms with Gasteiger partial charge in [0.2, 0.25) is 5.91 Å². The Morgan fingerprint density at radius 2 is 1.61 bits per heavy atom. The smallest absolute Gasteiger partial charge is 0.254 e. The molecule has 0 aliphatic carbocycles. The molecule has 2 amide bonds. The summed E-state index contributed by atoms with van der Waals surface area (Å²) in [5.41, 5.74) is 1.48. The van der Waals surface area contributed by atoms with E-state index in [1.807, 2.05) is 40.1 Å². The van der Waals surface area contributed by atoms with Gasteiger partial charge in [-0.25, -0.2) is 0 Å². The van der Waals surface area contributed by atoms with Crippen molar-refractivity contribution in [3.8, 4) is 11.5 Å². The van der Waals surface area contributed by atoms with Crippen molar-refractivity contribution >= 4 is 17.5 Å². The number of rotatable bonds is 8. The molecular weight excluding hydrogens is 392 g/mol. The van der Waals surface area contributed by atoms with Crippen molar-refractivity contribution in [2.24, 2.45) is 5.92 Å². The Bertz CT molecular complexity index is 854. The molecule has 31 heavy (non-hydrogen) atoms. The fourth-order valence-corrected chi connectivity index (χ4v) is 3.95. The summed E-state index contributed by atoms with van der Waals surface area (Å²) in [6.07, 6.45) is 3.34. The maximum atomic E-state index is 13.3. The zero-order valence-electron chi connectivity index (χ0n) is 18.7. The predicted octanol–water partition coefficient (Wildman–Crippen LogP) is 4.39. The molecule has 166 valence electrons. The molecule has 1 saturated heterocycles. The molecule has 3 rings (SSSR count). The van der Waals surface area contributed by atoms with Crippen LogP contribution in [0.15, 0.2) is 48.5 Å². The Labute approximate surface area is 184 Å². The number of anilines is 1. The number of benzene rings is 2. The van der Waals surface area contributed by atoms with Crippen LogP contribution < -0.4 is 14.4 Å². The summed E-state index contributed by atoms with van der Waals surface area (Å²) < 4.78 is 10.6. The summed E-state index contributed by atoms with van der Waals surface area (Å²) in [6, 6.07) is 15.1. The highest BCUT2D eigenvalue weighted by atomic mass is 16.5. The quantitative estimate of drug-likeness (QED) is 0.631. The Kier molecular flexibility index (Phi) is 7.93. The van der Waals surface area contributed by atoms with Gasteiger partial charge in [-0.05, 0) is 43.5 Å². The van der Waals surface area contributed by atoms with E-state index in [4.69, 9.17) is 9.47 Å². The van der Waals surface area contributed by atoms with Gasteiger partial charge in [-0.3, -0.25) is 9.59 Å². The molecule has 0 saturated carbocycles. The first-order valence-corrected chi connectivity index (χ1v) is 11.0. The third-order valence-corrected chi connectivity index (χ3v) is 5.80. The third-order valence-electron chi connectivity index (χ3n) is 5.80. The van der Waals surface area contributed by atoms with Crippen molar-refractivity contribution in [3.05, 3.63) is 54.1 Å². The van der Waals surface area contributed by atoms with Gasteiger partial charge >= 0.3 is 0 Å². The van der Waals surface area contributed by atoms with E-state index in [9.17, 15) is 9.59 Å². The molecule has 6 heteroatoms. The highest BCUT2D eigenvalue weighted by Gasteiger charge is 2.31. The molecule has 1 aliphatic rings. The Hall–Kier alpha value is -3.02. The Morgan fingerprint density at radius 3 is 2.16 bits per heavy atom. The number of methoxy groups -OCH3 is 2. The number of hydrogen-bond donors (Lipinski definition) is 0. The van der Waals surface area contributed by atoms with Crippen LogP contribution in [0.2, 0.25) is 0 Å². The van der Waals surface area contributed by atoms with Gasteiger partial charge in [-0.1, -0.05) is 31.5 Å². The molecule has 0 bridgehead atoms. The van der Waals surface area contributed by atoms with E-state index in [-0.39, 0.29) is 17.7 Å². The molecule has 0 aromatic heterocycles. The maximum Gasteiger partial charge on any atom is 0.254 e. The summed E-state index contributed by atoms with van der Waals surface area (Å²) in [4.78, 5) is 30.1. The van der Waals surface area contributed by atoms with Crippen LogP contribution >= 0.6 is 0 Å². The van der Waals surface area contributed by atoms with E-state index in [0.717, 1.165) is 25.1 Å². The normalized spacial score (nSPS) is 14.2. The van der Waals surface area contributed by atoms with Gasteiger partial charge in [0.1, 0.15) is 11.5 Å². The summed E-state index contributed by atoms with van der Waals surface area (Å²) in [7, 11) is 3.13. The molecule has 6 nitrogen and oxygen atoms in total. The number of para-hydroxylation sites is 1. The van der Waals surface area contributed by atoms with E-state index in [1.54, 1.807) is 32.4 Å². The predicted molar refractivity (Wildman–Crippen MR) is 122 cm³/mol. The molecule has 2 aromatic rings. The number of hydrogen-bond acceptors (Lipinski definition) is 4. The van der Waals surface area contributed by atoms with Gasteiger partial charge in [0, 0.05) is 42.9 Å². The van der Waals surface area contributed by atoms with Gasteiger partial charge in [-0.2, -0.15) is 0 Å². The molecule has 1 fully saturated rings. The van der Waals surface area contributed by atoms with Crippen LogP contribution in [0.25, 0.3) is 0 Å². The number of piperidine rings is 1. The second-order valence-corrected chi connectivity index (χ2v) is 7.85. The van der Waals surface area contributed by atoms with Gasteiger partial charge in [0.25, 0.3) is 5.91 Å². The number of amides is 2. The van der Waals surface area contributed by atoms with Gasteiger partial charge in [0.05, 0.1) is 14.2 Å². The average molecular weight is 425 g/mol. The highest BCUT2D eigenvalue weighted by molar-refractivity contribution is 5.97. The van der Waals surface area contributed by atoms with Crippen LogP contribution in [-0.2, 0) is 4.79 Å². The Balaban J connectivity index is 1.66. The standard InChI is InChI=1S/C25H32N2O4/c1-4-5-13-27(21-9-7-6-8-10-21)25(29)19-11-14-26(15-12-19)24(28)20-16-22(30-2)18-23(17-20)31-3/h6-10,16-19H,4-5,11-15H2,1-3H3. The monoisotopic (exact) mass is 424 g/mol. The van der Waals surface area contributed by atoms with Gasteiger partial charge in [-0.15, -0.1) is 0 Å². The first-order chi connectivity index (χ1) is 15.1. The van der Waals surface area contributed by atoms with Crippen LogP contribution in [0.3, 0.4) is 0 Å². The molecule has 0 spiro atoms. The zero-order valence-corrected chi connectivity index (χ0v) is 18.7. The number of unbranched alkanes of at least 4 members (excludes halogenated alkanes) is 1.